The van der Waals surface area contributed by atoms with E-state index in [2.05, 4.69) is 0 Å². The van der Waals surface area contributed by atoms with Crippen molar-refractivity contribution in [1.29, 1.82) is 0 Å². The first-order valence-electron chi connectivity index (χ1n) is 15.2. The molecule has 1 amide bonds. The van der Waals surface area contributed by atoms with Gasteiger partial charge in [0.2, 0.25) is 0 Å². The molecule has 1 aliphatic carbocycles. The number of carbonyl (C=O) groups excluding carboxylic acids is 1. The SMILES string of the molecule is O=C(c1ccc(Cl)cc1)N1CCCN(S(=O)(=O)N2CCCCC2)CC2(CC2)CN(S(=O)(=O)N2CCCCC2)CCC1. The molecule has 4 fully saturated rings. The lowest BCUT2D eigenvalue weighted by Crippen LogP contribution is -2.52. The zero-order chi connectivity index (χ0) is 29.1. The lowest BCUT2D eigenvalue weighted by molar-refractivity contribution is 0.0742. The van der Waals surface area contributed by atoms with E-state index in [0.717, 1.165) is 51.4 Å². The second-order valence-corrected chi connectivity index (χ2v) is 16.4. The van der Waals surface area contributed by atoms with E-state index in [0.29, 0.717) is 88.9 Å². The van der Waals surface area contributed by atoms with Crippen LogP contribution in [0.5, 0.6) is 0 Å². The Labute approximate surface area is 250 Å². The monoisotopic (exact) mass is 629 g/mol. The van der Waals surface area contributed by atoms with Crippen LogP contribution in [0, 0.1) is 5.41 Å². The Balaban J connectivity index is 1.42. The first-order chi connectivity index (χ1) is 19.6. The molecule has 1 aromatic rings. The number of rotatable bonds is 5. The summed E-state index contributed by atoms with van der Waals surface area (Å²) in [6.07, 6.45) is 8.11. The number of hydrogen-bond donors (Lipinski definition) is 0. The average molecular weight is 630 g/mol. The lowest BCUT2D eigenvalue weighted by Gasteiger charge is -2.38. The minimum absolute atomic E-state index is 0.159. The van der Waals surface area contributed by atoms with Gasteiger partial charge >= 0.3 is 0 Å². The summed E-state index contributed by atoms with van der Waals surface area (Å²) in [6.45, 7) is 4.05. The molecule has 0 unspecified atom stereocenters. The molecule has 4 aliphatic rings. The number of piperidine rings is 2. The summed E-state index contributed by atoms with van der Waals surface area (Å²) < 4.78 is 61.9. The Kier molecular flexibility index (Phi) is 9.99. The molecule has 3 aliphatic heterocycles. The third-order valence-electron chi connectivity index (χ3n) is 8.97. The van der Waals surface area contributed by atoms with Crippen molar-refractivity contribution < 1.29 is 21.6 Å². The van der Waals surface area contributed by atoms with E-state index < -0.39 is 20.4 Å². The molecule has 0 atom stereocenters. The van der Waals surface area contributed by atoms with Crippen molar-refractivity contribution in [2.24, 2.45) is 5.41 Å². The fraction of sp³-hybridized carbons (Fsp3) is 0.750. The molecule has 10 nitrogen and oxygen atoms in total. The van der Waals surface area contributed by atoms with Gasteiger partial charge in [-0.25, -0.2) is 0 Å². The Bertz CT molecular complexity index is 1200. The largest absolute Gasteiger partial charge is 0.339 e. The fourth-order valence-electron chi connectivity index (χ4n) is 6.33. The Morgan fingerprint density at radius 1 is 0.585 bits per heavy atom. The van der Waals surface area contributed by atoms with Crippen molar-refractivity contribution in [3.8, 4) is 0 Å². The van der Waals surface area contributed by atoms with Gasteiger partial charge in [-0.15, -0.1) is 0 Å². The molecule has 41 heavy (non-hydrogen) atoms. The molecule has 0 bridgehead atoms. The zero-order valence-electron chi connectivity index (χ0n) is 23.9. The Morgan fingerprint density at radius 2 is 1.00 bits per heavy atom. The van der Waals surface area contributed by atoms with Gasteiger partial charge in [0.1, 0.15) is 0 Å². The van der Waals surface area contributed by atoms with Crippen LogP contribution in [0.25, 0.3) is 0 Å². The molecule has 3 saturated heterocycles. The van der Waals surface area contributed by atoms with Crippen LogP contribution in [-0.4, -0.2) is 110 Å². The van der Waals surface area contributed by atoms with Gasteiger partial charge in [0.15, 0.2) is 0 Å². The van der Waals surface area contributed by atoms with E-state index in [1.165, 1.54) is 0 Å². The van der Waals surface area contributed by atoms with Crippen LogP contribution in [0.2, 0.25) is 5.02 Å². The van der Waals surface area contributed by atoms with E-state index >= 15 is 0 Å². The van der Waals surface area contributed by atoms with Gasteiger partial charge in [0.05, 0.1) is 0 Å². The number of hydrogen-bond acceptors (Lipinski definition) is 5. The molecule has 5 rings (SSSR count). The standard InChI is InChI=1S/C28H44ClN5O5S2/c29-26-11-9-25(10-12-26)27(35)30-15-7-21-33(40(36,37)31-17-3-1-4-18-31)23-28(13-14-28)24-34(22-8-16-30)41(38,39)32-19-5-2-6-20-32/h9-12H,1-8,13-24H2. The maximum absolute atomic E-state index is 13.9. The molecule has 1 spiro atoms. The maximum Gasteiger partial charge on any atom is 0.281 e. The van der Waals surface area contributed by atoms with E-state index in [4.69, 9.17) is 11.6 Å². The van der Waals surface area contributed by atoms with Gasteiger partial charge in [0, 0.05) is 76.0 Å². The molecule has 0 aromatic heterocycles. The van der Waals surface area contributed by atoms with Crippen LogP contribution >= 0.6 is 11.6 Å². The second kappa shape index (κ2) is 13.2. The summed E-state index contributed by atoms with van der Waals surface area (Å²) >= 11 is 6.04. The van der Waals surface area contributed by atoms with Crippen molar-refractivity contribution in [1.82, 2.24) is 22.1 Å². The molecule has 0 N–H and O–H groups in total. The van der Waals surface area contributed by atoms with Gasteiger partial charge in [-0.2, -0.15) is 34.1 Å². The molecular formula is C28H44ClN5O5S2. The zero-order valence-corrected chi connectivity index (χ0v) is 26.3. The number of nitrogens with zero attached hydrogens (tertiary/aromatic N) is 5. The Morgan fingerprint density at radius 3 is 1.41 bits per heavy atom. The first kappa shape index (κ1) is 31.2. The topological polar surface area (TPSA) is 102 Å². The van der Waals surface area contributed by atoms with E-state index in [9.17, 15) is 21.6 Å². The minimum Gasteiger partial charge on any atom is -0.339 e. The molecule has 3 heterocycles. The van der Waals surface area contributed by atoms with Gasteiger partial charge in [-0.1, -0.05) is 24.4 Å². The summed E-state index contributed by atoms with van der Waals surface area (Å²) in [6, 6.07) is 6.75. The molecule has 1 aromatic carbocycles. The average Bonchev–Trinajstić information content (AvgIpc) is 3.74. The van der Waals surface area contributed by atoms with E-state index in [1.807, 2.05) is 0 Å². The van der Waals surface area contributed by atoms with Gasteiger partial charge in [0.25, 0.3) is 26.3 Å². The highest BCUT2D eigenvalue weighted by Crippen LogP contribution is 2.48. The summed E-state index contributed by atoms with van der Waals surface area (Å²) in [7, 11) is -7.41. The van der Waals surface area contributed by atoms with Crippen molar-refractivity contribution >= 4 is 37.9 Å². The smallest absolute Gasteiger partial charge is 0.281 e. The number of halogens is 1. The van der Waals surface area contributed by atoms with Crippen LogP contribution in [0.15, 0.2) is 24.3 Å². The van der Waals surface area contributed by atoms with E-state index in [-0.39, 0.29) is 11.3 Å². The highest BCUT2D eigenvalue weighted by molar-refractivity contribution is 7.87. The van der Waals surface area contributed by atoms with E-state index in [1.54, 1.807) is 46.4 Å². The third-order valence-corrected chi connectivity index (χ3v) is 13.2. The summed E-state index contributed by atoms with van der Waals surface area (Å²) in [5.41, 5.74) is 0.137. The summed E-state index contributed by atoms with van der Waals surface area (Å²) in [5.74, 6) is -0.159. The normalized spacial score (nSPS) is 25.0. The maximum atomic E-state index is 13.9. The first-order valence-corrected chi connectivity index (χ1v) is 18.3. The van der Waals surface area contributed by atoms with Crippen molar-refractivity contribution in [3.63, 3.8) is 0 Å². The second-order valence-electron chi connectivity index (χ2n) is 12.1. The van der Waals surface area contributed by atoms with Gasteiger partial charge in [-0.3, -0.25) is 4.79 Å². The highest BCUT2D eigenvalue weighted by atomic mass is 35.5. The van der Waals surface area contributed by atoms with Crippen LogP contribution in [-0.2, 0) is 20.4 Å². The quantitative estimate of drug-likeness (QED) is 0.497. The van der Waals surface area contributed by atoms with Crippen molar-refractivity contribution in [2.45, 2.75) is 64.2 Å². The molecular weight excluding hydrogens is 586 g/mol. The molecule has 13 heteroatoms. The Hall–Kier alpha value is -1.28. The lowest BCUT2D eigenvalue weighted by atomic mass is 10.1. The van der Waals surface area contributed by atoms with Crippen molar-refractivity contribution in [3.05, 3.63) is 34.9 Å². The summed E-state index contributed by atoms with van der Waals surface area (Å²) in [5, 5.41) is 0.543. The van der Waals surface area contributed by atoms with Crippen LogP contribution in [0.4, 0.5) is 0 Å². The summed E-state index contributed by atoms with van der Waals surface area (Å²) in [4.78, 5) is 15.2. The van der Waals surface area contributed by atoms with Crippen molar-refractivity contribution in [2.75, 3.05) is 65.4 Å². The fourth-order valence-corrected chi connectivity index (χ4v) is 10.1. The van der Waals surface area contributed by atoms with Crippen LogP contribution in [0.3, 0.4) is 0 Å². The van der Waals surface area contributed by atoms with Gasteiger partial charge < -0.3 is 4.90 Å². The number of benzene rings is 1. The predicted octanol–water partition coefficient (Wildman–Crippen LogP) is 3.42. The molecule has 230 valence electrons. The molecule has 1 saturated carbocycles. The predicted molar refractivity (Wildman–Crippen MR) is 160 cm³/mol. The van der Waals surface area contributed by atoms with Crippen LogP contribution in [0.1, 0.15) is 74.6 Å². The van der Waals surface area contributed by atoms with Gasteiger partial charge in [-0.05, 0) is 81.0 Å². The highest BCUT2D eigenvalue weighted by Gasteiger charge is 2.50. The van der Waals surface area contributed by atoms with Crippen LogP contribution < -0.4 is 0 Å². The number of carbonyl (C=O) groups is 1. The third kappa shape index (κ3) is 7.45. The number of amides is 1. The minimum atomic E-state index is -3.70. The molecule has 0 radical (unpaired) electrons.